The van der Waals surface area contributed by atoms with E-state index in [1.807, 2.05) is 0 Å². The molecule has 1 fully saturated rings. The minimum Gasteiger partial charge on any atom is -0.481 e. The van der Waals surface area contributed by atoms with Crippen LogP contribution in [0.1, 0.15) is 36.0 Å². The molecule has 1 amide bonds. The molecule has 0 heterocycles. The smallest absolute Gasteiger partial charge is 0.305 e. The molecule has 108 valence electrons. The quantitative estimate of drug-likeness (QED) is 0.837. The average molecular weight is 320 g/mol. The molecule has 1 aliphatic rings. The number of aliphatic carboxylic acids is 1. The number of carbonyl (C=O) groups is 2. The van der Waals surface area contributed by atoms with Crippen LogP contribution in [-0.2, 0) is 4.79 Å². The fourth-order valence-electron chi connectivity index (χ4n) is 2.24. The first kappa shape index (κ1) is 15.1. The van der Waals surface area contributed by atoms with E-state index in [-0.39, 0.29) is 22.0 Å². The summed E-state index contributed by atoms with van der Waals surface area (Å²) in [7, 11) is 0. The van der Waals surface area contributed by atoms with Gasteiger partial charge in [-0.1, -0.05) is 23.2 Å². The molecule has 1 aromatic rings. The zero-order valence-electron chi connectivity index (χ0n) is 10.4. The summed E-state index contributed by atoms with van der Waals surface area (Å²) in [5.41, 5.74) is -0.812. The number of amides is 1. The molecule has 0 spiro atoms. The summed E-state index contributed by atoms with van der Waals surface area (Å²) in [6.45, 7) is 0. The number of carboxylic acids is 1. The van der Waals surface area contributed by atoms with E-state index in [0.29, 0.717) is 12.8 Å². The summed E-state index contributed by atoms with van der Waals surface area (Å²) in [5, 5.41) is 11.4. The highest BCUT2D eigenvalue weighted by Gasteiger charge is 2.40. The monoisotopic (exact) mass is 319 g/mol. The minimum atomic E-state index is -0.988. The fourth-order valence-corrected chi connectivity index (χ4v) is 2.71. The Morgan fingerprint density at radius 3 is 2.45 bits per heavy atom. The van der Waals surface area contributed by atoms with E-state index in [1.54, 1.807) is 0 Å². The van der Waals surface area contributed by atoms with Crippen molar-refractivity contribution in [1.82, 2.24) is 5.32 Å². The van der Waals surface area contributed by atoms with Gasteiger partial charge in [-0.15, -0.1) is 0 Å². The molecule has 20 heavy (non-hydrogen) atoms. The van der Waals surface area contributed by atoms with Crippen LogP contribution in [0.4, 0.5) is 4.39 Å². The third-order valence-corrected chi connectivity index (χ3v) is 4.04. The van der Waals surface area contributed by atoms with Crippen molar-refractivity contribution in [3.8, 4) is 0 Å². The van der Waals surface area contributed by atoms with Crippen LogP contribution in [0.25, 0.3) is 0 Å². The highest BCUT2D eigenvalue weighted by Crippen LogP contribution is 2.35. The molecule has 0 atom stereocenters. The average Bonchev–Trinajstić information content (AvgIpc) is 2.30. The van der Waals surface area contributed by atoms with Gasteiger partial charge in [0.1, 0.15) is 5.82 Å². The number of hydrogen-bond acceptors (Lipinski definition) is 2. The highest BCUT2D eigenvalue weighted by molar-refractivity contribution is 6.36. The summed E-state index contributed by atoms with van der Waals surface area (Å²) in [6, 6.07) is 2.10. The number of nitrogens with one attached hydrogen (secondary N) is 1. The second kappa shape index (κ2) is 5.58. The van der Waals surface area contributed by atoms with Gasteiger partial charge >= 0.3 is 5.97 Å². The molecule has 7 heteroatoms. The Morgan fingerprint density at radius 2 is 1.95 bits per heavy atom. The van der Waals surface area contributed by atoms with Crippen molar-refractivity contribution in [2.75, 3.05) is 0 Å². The molecule has 0 saturated heterocycles. The first-order chi connectivity index (χ1) is 9.33. The van der Waals surface area contributed by atoms with Crippen LogP contribution in [0, 0.1) is 5.82 Å². The number of carboxylic acid groups (broad SMARTS) is 1. The molecule has 1 aliphatic carbocycles. The lowest BCUT2D eigenvalue weighted by Crippen LogP contribution is -2.54. The Morgan fingerprint density at radius 1 is 1.30 bits per heavy atom. The molecule has 0 unspecified atom stereocenters. The topological polar surface area (TPSA) is 66.4 Å². The molecule has 0 radical (unpaired) electrons. The Kier molecular flexibility index (Phi) is 4.20. The predicted octanol–water partition coefficient (Wildman–Crippen LogP) is 3.26. The molecule has 1 saturated carbocycles. The summed E-state index contributed by atoms with van der Waals surface area (Å²) < 4.78 is 13.4. The van der Waals surface area contributed by atoms with Crippen molar-refractivity contribution >= 4 is 35.1 Å². The van der Waals surface area contributed by atoms with Gasteiger partial charge in [0.25, 0.3) is 5.91 Å². The maximum Gasteiger partial charge on any atom is 0.305 e. The number of benzene rings is 1. The van der Waals surface area contributed by atoms with Gasteiger partial charge in [-0.25, -0.2) is 4.39 Å². The zero-order valence-corrected chi connectivity index (χ0v) is 11.9. The van der Waals surface area contributed by atoms with Gasteiger partial charge in [0, 0.05) is 0 Å². The first-order valence-corrected chi connectivity index (χ1v) is 6.77. The summed E-state index contributed by atoms with van der Waals surface area (Å²) in [6.07, 6.45) is 1.85. The number of carbonyl (C=O) groups excluding carboxylic acids is 1. The van der Waals surface area contributed by atoms with Gasteiger partial charge in [0.2, 0.25) is 0 Å². The maximum absolute atomic E-state index is 13.4. The van der Waals surface area contributed by atoms with E-state index < -0.39 is 23.2 Å². The van der Waals surface area contributed by atoms with Gasteiger partial charge in [-0.3, -0.25) is 9.59 Å². The lowest BCUT2D eigenvalue weighted by atomic mass is 9.74. The third-order valence-electron chi connectivity index (χ3n) is 3.43. The van der Waals surface area contributed by atoms with Crippen LogP contribution in [-0.4, -0.2) is 22.5 Å². The maximum atomic E-state index is 13.4. The van der Waals surface area contributed by atoms with Crippen molar-refractivity contribution in [1.29, 1.82) is 0 Å². The minimum absolute atomic E-state index is 0.0266. The van der Waals surface area contributed by atoms with E-state index in [1.165, 1.54) is 0 Å². The Labute approximate surface area is 124 Å². The Hall–Kier alpha value is -1.33. The van der Waals surface area contributed by atoms with Gasteiger partial charge in [0.05, 0.1) is 27.6 Å². The standard InChI is InChI=1S/C13H12Cl2FNO3/c14-8-5-9(15)10(16)4-7(8)12(20)17-13(2-1-3-13)6-11(18)19/h4-5H,1-3,6H2,(H,17,20)(H,18,19). The SMILES string of the molecule is O=C(O)CC1(NC(=O)c2cc(F)c(Cl)cc2Cl)CCC1. The van der Waals surface area contributed by atoms with Gasteiger partial charge < -0.3 is 10.4 Å². The van der Waals surface area contributed by atoms with E-state index in [2.05, 4.69) is 5.32 Å². The molecule has 1 aromatic carbocycles. The van der Waals surface area contributed by atoms with Gasteiger partial charge in [0.15, 0.2) is 0 Å². The number of rotatable bonds is 4. The van der Waals surface area contributed by atoms with Crippen LogP contribution in [0.3, 0.4) is 0 Å². The van der Waals surface area contributed by atoms with Crippen molar-refractivity contribution < 1.29 is 19.1 Å². The molecule has 0 aliphatic heterocycles. The molecular formula is C13H12Cl2FNO3. The van der Waals surface area contributed by atoms with Crippen molar-refractivity contribution in [2.45, 2.75) is 31.2 Å². The molecule has 2 N–H and O–H groups in total. The van der Waals surface area contributed by atoms with Gasteiger partial charge in [-0.05, 0) is 31.4 Å². The van der Waals surface area contributed by atoms with Crippen molar-refractivity contribution in [2.24, 2.45) is 0 Å². The van der Waals surface area contributed by atoms with E-state index in [4.69, 9.17) is 28.3 Å². The van der Waals surface area contributed by atoms with Gasteiger partial charge in [-0.2, -0.15) is 0 Å². The molecule has 0 bridgehead atoms. The highest BCUT2D eigenvalue weighted by atomic mass is 35.5. The number of hydrogen-bond donors (Lipinski definition) is 2. The largest absolute Gasteiger partial charge is 0.481 e. The Bertz CT molecular complexity index is 573. The molecular weight excluding hydrogens is 308 g/mol. The van der Waals surface area contributed by atoms with E-state index >= 15 is 0 Å². The van der Waals surface area contributed by atoms with Crippen LogP contribution in [0.2, 0.25) is 10.0 Å². The second-order valence-corrected chi connectivity index (χ2v) is 5.72. The normalized spacial score (nSPS) is 16.4. The molecule has 4 nitrogen and oxygen atoms in total. The fraction of sp³-hybridized carbons (Fsp3) is 0.385. The van der Waals surface area contributed by atoms with Crippen LogP contribution >= 0.6 is 23.2 Å². The zero-order chi connectivity index (χ0) is 14.9. The lowest BCUT2D eigenvalue weighted by molar-refractivity contribution is -0.139. The third kappa shape index (κ3) is 3.04. The predicted molar refractivity (Wildman–Crippen MR) is 72.7 cm³/mol. The first-order valence-electron chi connectivity index (χ1n) is 6.02. The molecule has 2 rings (SSSR count). The van der Waals surface area contributed by atoms with E-state index in [9.17, 15) is 14.0 Å². The van der Waals surface area contributed by atoms with Crippen LogP contribution in [0.15, 0.2) is 12.1 Å². The van der Waals surface area contributed by atoms with Crippen molar-refractivity contribution in [3.05, 3.63) is 33.6 Å². The molecule has 0 aromatic heterocycles. The van der Waals surface area contributed by atoms with Crippen molar-refractivity contribution in [3.63, 3.8) is 0 Å². The second-order valence-electron chi connectivity index (χ2n) is 4.90. The summed E-state index contributed by atoms with van der Waals surface area (Å²) in [4.78, 5) is 23.0. The van der Waals surface area contributed by atoms with Crippen LogP contribution < -0.4 is 5.32 Å². The number of halogens is 3. The summed E-state index contributed by atoms with van der Waals surface area (Å²) >= 11 is 11.4. The van der Waals surface area contributed by atoms with E-state index in [0.717, 1.165) is 18.6 Å². The van der Waals surface area contributed by atoms with Crippen LogP contribution in [0.5, 0.6) is 0 Å². The summed E-state index contributed by atoms with van der Waals surface area (Å²) in [5.74, 6) is -2.33. The lowest BCUT2D eigenvalue weighted by Gasteiger charge is -2.41. The Balaban J connectivity index is 2.20.